The Bertz CT molecular complexity index is 528. The summed E-state index contributed by atoms with van der Waals surface area (Å²) >= 11 is 0. The van der Waals surface area contributed by atoms with Crippen molar-refractivity contribution < 1.29 is 4.79 Å². The van der Waals surface area contributed by atoms with Gasteiger partial charge in [0.15, 0.2) is 0 Å². The summed E-state index contributed by atoms with van der Waals surface area (Å²) < 4.78 is 0. The van der Waals surface area contributed by atoms with Crippen molar-refractivity contribution in [3.63, 3.8) is 0 Å². The predicted octanol–water partition coefficient (Wildman–Crippen LogP) is 2.69. The number of benzene rings is 1. The molecule has 0 saturated heterocycles. The molecule has 0 aromatic heterocycles. The maximum Gasteiger partial charge on any atom is 0.234 e. The van der Waals surface area contributed by atoms with Gasteiger partial charge in [0.05, 0.1) is 5.41 Å². The third kappa shape index (κ3) is 1.71. The molecule has 0 radical (unpaired) electrons. The van der Waals surface area contributed by atoms with Gasteiger partial charge in [-0.05, 0) is 43.9 Å². The molecule has 0 spiro atoms. The van der Waals surface area contributed by atoms with Crippen molar-refractivity contribution >= 4 is 11.6 Å². The van der Waals surface area contributed by atoms with Gasteiger partial charge in [0.2, 0.25) is 5.91 Å². The highest BCUT2D eigenvalue weighted by Gasteiger charge is 2.41. The van der Waals surface area contributed by atoms with Gasteiger partial charge in [0, 0.05) is 17.6 Å². The van der Waals surface area contributed by atoms with Crippen LogP contribution in [0.25, 0.3) is 0 Å². The van der Waals surface area contributed by atoms with Crippen molar-refractivity contribution in [1.82, 2.24) is 0 Å². The Morgan fingerprint density at radius 1 is 1.26 bits per heavy atom. The zero-order valence-corrected chi connectivity index (χ0v) is 11.8. The Balaban J connectivity index is 2.08. The summed E-state index contributed by atoms with van der Waals surface area (Å²) in [4.78, 5) is 12.0. The number of fused-ring (bicyclic) bond motifs is 1. The molecule has 102 valence electrons. The molecule has 0 bridgehead atoms. The molecule has 1 heterocycles. The van der Waals surface area contributed by atoms with E-state index >= 15 is 0 Å². The van der Waals surface area contributed by atoms with Crippen LogP contribution in [0.2, 0.25) is 0 Å². The lowest BCUT2D eigenvalue weighted by molar-refractivity contribution is -0.119. The highest BCUT2D eigenvalue weighted by Crippen LogP contribution is 2.44. The zero-order chi connectivity index (χ0) is 13.7. The molecular formula is C16H22N2O. The molecule has 1 aromatic carbocycles. The molecule has 1 aromatic rings. The van der Waals surface area contributed by atoms with Crippen LogP contribution in [0.15, 0.2) is 18.2 Å². The molecule has 3 heteroatoms. The highest BCUT2D eigenvalue weighted by molar-refractivity contribution is 6.05. The van der Waals surface area contributed by atoms with Gasteiger partial charge < -0.3 is 11.1 Å². The minimum absolute atomic E-state index is 0.0906. The molecule has 19 heavy (non-hydrogen) atoms. The quantitative estimate of drug-likeness (QED) is 0.857. The van der Waals surface area contributed by atoms with E-state index in [0.29, 0.717) is 6.54 Å². The molecule has 3 rings (SSSR count). The molecule has 1 amide bonds. The summed E-state index contributed by atoms with van der Waals surface area (Å²) in [5.74, 6) is 0.0906. The third-order valence-corrected chi connectivity index (χ3v) is 5.07. The number of hydrogen-bond acceptors (Lipinski definition) is 2. The third-order valence-electron chi connectivity index (χ3n) is 5.07. The molecule has 1 fully saturated rings. The number of rotatable bonds is 2. The van der Waals surface area contributed by atoms with Crippen LogP contribution in [0.5, 0.6) is 0 Å². The van der Waals surface area contributed by atoms with Crippen molar-refractivity contribution in [2.75, 3.05) is 11.9 Å². The minimum atomic E-state index is -0.431. The van der Waals surface area contributed by atoms with E-state index in [0.717, 1.165) is 11.3 Å². The van der Waals surface area contributed by atoms with E-state index in [1.165, 1.54) is 31.2 Å². The Kier molecular flexibility index (Phi) is 2.72. The van der Waals surface area contributed by atoms with Crippen LogP contribution in [-0.2, 0) is 15.6 Å². The first-order valence-electron chi connectivity index (χ1n) is 7.16. The monoisotopic (exact) mass is 258 g/mol. The molecule has 3 N–H and O–H groups in total. The van der Waals surface area contributed by atoms with E-state index in [1.807, 2.05) is 19.9 Å². The Labute approximate surface area is 114 Å². The van der Waals surface area contributed by atoms with Crippen LogP contribution in [0.1, 0.15) is 50.7 Å². The normalized spacial score (nSPS) is 23.2. The average molecular weight is 258 g/mol. The van der Waals surface area contributed by atoms with Gasteiger partial charge in [0.25, 0.3) is 0 Å². The maximum absolute atomic E-state index is 12.0. The van der Waals surface area contributed by atoms with Crippen molar-refractivity contribution in [1.29, 1.82) is 0 Å². The molecular weight excluding hydrogens is 236 g/mol. The van der Waals surface area contributed by atoms with Crippen molar-refractivity contribution in [2.45, 2.75) is 50.4 Å². The number of nitrogens with one attached hydrogen (secondary N) is 1. The fourth-order valence-corrected chi connectivity index (χ4v) is 3.56. The first-order valence-corrected chi connectivity index (χ1v) is 7.16. The van der Waals surface area contributed by atoms with Gasteiger partial charge in [0.1, 0.15) is 0 Å². The molecule has 1 aliphatic heterocycles. The number of carbonyl (C=O) groups excluding carboxylic acids is 1. The van der Waals surface area contributed by atoms with Crippen molar-refractivity contribution in [2.24, 2.45) is 5.73 Å². The van der Waals surface area contributed by atoms with Gasteiger partial charge in [-0.3, -0.25) is 4.79 Å². The molecule has 1 aliphatic carbocycles. The average Bonchev–Trinajstić information content (AvgIpc) is 2.95. The molecule has 1 saturated carbocycles. The second-order valence-corrected chi connectivity index (χ2v) is 6.53. The van der Waals surface area contributed by atoms with Gasteiger partial charge in [-0.25, -0.2) is 0 Å². The van der Waals surface area contributed by atoms with E-state index in [2.05, 4.69) is 17.4 Å². The smallest absolute Gasteiger partial charge is 0.234 e. The largest absolute Gasteiger partial charge is 0.330 e. The highest BCUT2D eigenvalue weighted by atomic mass is 16.2. The lowest BCUT2D eigenvalue weighted by Gasteiger charge is -2.29. The second-order valence-electron chi connectivity index (χ2n) is 6.53. The Hall–Kier alpha value is -1.35. The zero-order valence-electron chi connectivity index (χ0n) is 11.8. The second kappa shape index (κ2) is 4.07. The fraction of sp³-hybridized carbons (Fsp3) is 0.562. The standard InChI is InChI=1S/C16H22N2O/c1-15(2)12-9-11(5-6-13(12)18-14(15)19)16(10-17)7-3-4-8-16/h5-6,9H,3-4,7-8,10,17H2,1-2H3,(H,18,19). The van der Waals surface area contributed by atoms with E-state index in [1.54, 1.807) is 0 Å². The van der Waals surface area contributed by atoms with Crippen LogP contribution in [-0.4, -0.2) is 12.5 Å². The van der Waals surface area contributed by atoms with E-state index < -0.39 is 5.41 Å². The summed E-state index contributed by atoms with van der Waals surface area (Å²) in [7, 11) is 0. The summed E-state index contributed by atoms with van der Waals surface area (Å²) in [5.41, 5.74) is 9.16. The summed E-state index contributed by atoms with van der Waals surface area (Å²) in [5, 5.41) is 2.97. The van der Waals surface area contributed by atoms with Gasteiger partial charge >= 0.3 is 0 Å². The van der Waals surface area contributed by atoms with Gasteiger partial charge in [-0.1, -0.05) is 25.0 Å². The number of carbonyl (C=O) groups is 1. The summed E-state index contributed by atoms with van der Waals surface area (Å²) in [6.07, 6.45) is 4.86. The lowest BCUT2D eigenvalue weighted by atomic mass is 9.76. The van der Waals surface area contributed by atoms with E-state index in [-0.39, 0.29) is 11.3 Å². The van der Waals surface area contributed by atoms with Crippen LogP contribution < -0.4 is 11.1 Å². The first-order chi connectivity index (χ1) is 8.99. The van der Waals surface area contributed by atoms with E-state index in [4.69, 9.17) is 5.73 Å². The first kappa shape index (κ1) is 12.7. The predicted molar refractivity (Wildman–Crippen MR) is 77.3 cm³/mol. The molecule has 0 atom stereocenters. The van der Waals surface area contributed by atoms with Crippen LogP contribution in [0.3, 0.4) is 0 Å². The lowest BCUT2D eigenvalue weighted by Crippen LogP contribution is -2.32. The van der Waals surface area contributed by atoms with Crippen LogP contribution in [0.4, 0.5) is 5.69 Å². The van der Waals surface area contributed by atoms with Crippen LogP contribution >= 0.6 is 0 Å². The number of hydrogen-bond donors (Lipinski definition) is 2. The fourth-order valence-electron chi connectivity index (χ4n) is 3.56. The summed E-state index contributed by atoms with van der Waals surface area (Å²) in [6, 6.07) is 6.41. The van der Waals surface area contributed by atoms with Gasteiger partial charge in [-0.2, -0.15) is 0 Å². The SMILES string of the molecule is CC1(C)C(=O)Nc2ccc(C3(CN)CCCC3)cc21. The summed E-state index contributed by atoms with van der Waals surface area (Å²) in [6.45, 7) is 4.68. The van der Waals surface area contributed by atoms with Crippen LogP contribution in [0, 0.1) is 0 Å². The molecule has 2 aliphatic rings. The van der Waals surface area contributed by atoms with Crippen molar-refractivity contribution in [3.8, 4) is 0 Å². The maximum atomic E-state index is 12.0. The minimum Gasteiger partial charge on any atom is -0.330 e. The number of nitrogens with two attached hydrogens (primary N) is 1. The topological polar surface area (TPSA) is 55.1 Å². The number of amides is 1. The van der Waals surface area contributed by atoms with Gasteiger partial charge in [-0.15, -0.1) is 0 Å². The number of anilines is 1. The molecule has 3 nitrogen and oxygen atoms in total. The molecule has 0 unspecified atom stereocenters. The Morgan fingerprint density at radius 2 is 1.95 bits per heavy atom. The van der Waals surface area contributed by atoms with E-state index in [9.17, 15) is 4.79 Å². The Morgan fingerprint density at radius 3 is 2.58 bits per heavy atom. The van der Waals surface area contributed by atoms with Crippen molar-refractivity contribution in [3.05, 3.63) is 29.3 Å².